The van der Waals surface area contributed by atoms with Crippen molar-refractivity contribution in [2.75, 3.05) is 13.1 Å². The summed E-state index contributed by atoms with van der Waals surface area (Å²) in [5, 5.41) is 9.49. The fourth-order valence-corrected chi connectivity index (χ4v) is 2.72. The van der Waals surface area contributed by atoms with Crippen molar-refractivity contribution in [2.24, 2.45) is 0 Å². The number of unbranched alkanes of at least 4 members (excludes halogenated alkanes) is 1. The minimum atomic E-state index is -0.556. The van der Waals surface area contributed by atoms with Crippen molar-refractivity contribution in [3.05, 3.63) is 69.3 Å². The van der Waals surface area contributed by atoms with Crippen molar-refractivity contribution in [3.63, 3.8) is 0 Å². The molecule has 2 aromatic rings. The Morgan fingerprint density at radius 3 is 1.24 bits per heavy atom. The number of halogens is 2. The van der Waals surface area contributed by atoms with E-state index in [-0.39, 0.29) is 0 Å². The van der Waals surface area contributed by atoms with E-state index in [0.717, 1.165) is 37.3 Å². The SMILES string of the molecule is Cc1cccc(C)c1[N-]CCCC[N-]c1c(C)cccc1C.[Cl][Ti][Cl]. The third kappa shape index (κ3) is 8.04. The first kappa shape index (κ1) is 22.4. The van der Waals surface area contributed by atoms with Crippen molar-refractivity contribution in [2.45, 2.75) is 40.5 Å². The van der Waals surface area contributed by atoms with Crippen molar-refractivity contribution >= 4 is 30.0 Å². The maximum atomic E-state index is 4.89. The van der Waals surface area contributed by atoms with E-state index in [4.69, 9.17) is 29.2 Å². The second-order valence-corrected chi connectivity index (χ2v) is 8.60. The Bertz CT molecular complexity index is 552. The molecule has 136 valence electrons. The van der Waals surface area contributed by atoms with Crippen LogP contribution in [0.4, 0.5) is 11.4 Å². The van der Waals surface area contributed by atoms with Crippen molar-refractivity contribution < 1.29 is 17.0 Å². The van der Waals surface area contributed by atoms with Gasteiger partial charge in [-0.3, -0.25) is 0 Å². The van der Waals surface area contributed by atoms with Gasteiger partial charge in [0.05, 0.1) is 0 Å². The summed E-state index contributed by atoms with van der Waals surface area (Å²) >= 11 is -0.556. The number of hydrogen-bond acceptors (Lipinski definition) is 0. The van der Waals surface area contributed by atoms with E-state index in [9.17, 15) is 0 Å². The van der Waals surface area contributed by atoms with Crippen LogP contribution in [0.1, 0.15) is 35.1 Å². The van der Waals surface area contributed by atoms with Crippen LogP contribution in [0.3, 0.4) is 0 Å². The Kier molecular flexibility index (Phi) is 11.3. The first-order valence-corrected chi connectivity index (χ1v) is 12.7. The predicted molar refractivity (Wildman–Crippen MR) is 109 cm³/mol. The molecule has 0 heterocycles. The Labute approximate surface area is 169 Å². The van der Waals surface area contributed by atoms with Gasteiger partial charge in [-0.15, -0.1) is 24.5 Å². The number of benzene rings is 2. The summed E-state index contributed by atoms with van der Waals surface area (Å²) in [6.45, 7) is 10.3. The molecule has 0 bridgehead atoms. The Morgan fingerprint density at radius 1 is 0.680 bits per heavy atom. The molecule has 25 heavy (non-hydrogen) atoms. The van der Waals surface area contributed by atoms with E-state index in [1.54, 1.807) is 0 Å². The molecule has 0 radical (unpaired) electrons. The van der Waals surface area contributed by atoms with Crippen LogP contribution in [-0.4, -0.2) is 13.1 Å². The molecule has 0 unspecified atom stereocenters. The molecule has 2 aromatic carbocycles. The molecular formula is C20H26Cl2N2Ti-2. The molecule has 0 saturated heterocycles. The fraction of sp³-hybridized carbons (Fsp3) is 0.400. The summed E-state index contributed by atoms with van der Waals surface area (Å²) in [5.41, 5.74) is 7.38. The molecule has 0 aliphatic carbocycles. The minimum absolute atomic E-state index is 0.556. The van der Waals surface area contributed by atoms with Gasteiger partial charge in [0.2, 0.25) is 0 Å². The summed E-state index contributed by atoms with van der Waals surface area (Å²) in [5.74, 6) is 0. The number of para-hydroxylation sites is 2. The molecule has 0 saturated carbocycles. The standard InChI is InChI=1S/C20H26N2.2ClH.Ti/c1-15-9-7-10-16(2)19(15)21-13-5-6-14-22-20-17(3)11-8-12-18(20)4;;;/h7-12H,5-6,13-14H2,1-4H3;2*1H;/q-2;;;+2/p-2. The third-order valence-corrected chi connectivity index (χ3v) is 3.99. The van der Waals surface area contributed by atoms with Crippen LogP contribution in [0.15, 0.2) is 36.4 Å². The number of nitrogens with zero attached hydrogens (tertiary/aromatic N) is 2. The number of aryl methyl sites for hydroxylation is 4. The van der Waals surface area contributed by atoms with Crippen LogP contribution < -0.4 is 0 Å². The molecule has 2 nitrogen and oxygen atoms in total. The second kappa shape index (κ2) is 12.6. The van der Waals surface area contributed by atoms with Gasteiger partial charge in [-0.1, -0.05) is 71.5 Å². The van der Waals surface area contributed by atoms with Gasteiger partial charge in [0.1, 0.15) is 0 Å². The van der Waals surface area contributed by atoms with Crippen molar-refractivity contribution in [1.82, 2.24) is 0 Å². The first-order valence-electron chi connectivity index (χ1n) is 8.45. The van der Waals surface area contributed by atoms with Crippen LogP contribution in [0, 0.1) is 27.7 Å². The van der Waals surface area contributed by atoms with E-state index < -0.39 is 17.0 Å². The molecule has 0 atom stereocenters. The van der Waals surface area contributed by atoms with E-state index in [1.165, 1.54) is 22.3 Å². The molecular weight excluding hydrogens is 387 g/mol. The average Bonchev–Trinajstić information content (AvgIpc) is 2.56. The monoisotopic (exact) mass is 412 g/mol. The summed E-state index contributed by atoms with van der Waals surface area (Å²) in [6.07, 6.45) is 2.17. The zero-order valence-electron chi connectivity index (χ0n) is 15.4. The van der Waals surface area contributed by atoms with E-state index in [2.05, 4.69) is 64.1 Å². The third-order valence-electron chi connectivity index (χ3n) is 3.99. The van der Waals surface area contributed by atoms with E-state index >= 15 is 0 Å². The quantitative estimate of drug-likeness (QED) is 0.328. The first-order chi connectivity index (χ1) is 12.0. The predicted octanol–water partition coefficient (Wildman–Crippen LogP) is 7.79. The van der Waals surface area contributed by atoms with Crippen LogP contribution in [-0.2, 0) is 17.0 Å². The zero-order chi connectivity index (χ0) is 18.7. The van der Waals surface area contributed by atoms with Crippen molar-refractivity contribution in [1.29, 1.82) is 0 Å². The average molecular weight is 413 g/mol. The molecule has 0 amide bonds. The summed E-state index contributed by atoms with van der Waals surface area (Å²) < 4.78 is 0. The summed E-state index contributed by atoms with van der Waals surface area (Å²) in [4.78, 5) is 0. The molecule has 5 heteroatoms. The Balaban J connectivity index is 0.000000970. The van der Waals surface area contributed by atoms with Gasteiger partial charge in [-0.2, -0.15) is 0 Å². The molecule has 0 N–H and O–H groups in total. The maximum absolute atomic E-state index is 4.89. The van der Waals surface area contributed by atoms with Gasteiger partial charge in [0, 0.05) is 0 Å². The zero-order valence-corrected chi connectivity index (χ0v) is 18.5. The molecule has 2 rings (SSSR count). The molecule has 0 aromatic heterocycles. The van der Waals surface area contributed by atoms with Crippen LogP contribution in [0.2, 0.25) is 0 Å². The van der Waals surface area contributed by atoms with Gasteiger partial charge >= 0.3 is 35.6 Å². The summed E-state index contributed by atoms with van der Waals surface area (Å²) in [6, 6.07) is 12.7. The Morgan fingerprint density at radius 2 is 0.960 bits per heavy atom. The molecule has 0 aliphatic heterocycles. The Hall–Kier alpha value is -0.666. The van der Waals surface area contributed by atoms with E-state index in [0.29, 0.717) is 0 Å². The van der Waals surface area contributed by atoms with Crippen LogP contribution >= 0.6 is 18.6 Å². The van der Waals surface area contributed by atoms with Crippen LogP contribution in [0.25, 0.3) is 10.6 Å². The molecule has 0 aliphatic rings. The van der Waals surface area contributed by atoms with Gasteiger partial charge in [0.15, 0.2) is 0 Å². The second-order valence-electron chi connectivity index (χ2n) is 6.02. The van der Waals surface area contributed by atoms with Gasteiger partial charge < -0.3 is 10.6 Å². The van der Waals surface area contributed by atoms with Gasteiger partial charge in [-0.05, 0) is 27.7 Å². The fourth-order valence-electron chi connectivity index (χ4n) is 2.72. The molecule has 0 fully saturated rings. The number of hydrogen-bond donors (Lipinski definition) is 0. The normalized spacial score (nSPS) is 9.84. The van der Waals surface area contributed by atoms with E-state index in [1.807, 2.05) is 0 Å². The van der Waals surface area contributed by atoms with Gasteiger partial charge in [-0.25, -0.2) is 0 Å². The van der Waals surface area contributed by atoms with Crippen LogP contribution in [0.5, 0.6) is 0 Å². The topological polar surface area (TPSA) is 28.2 Å². The summed E-state index contributed by atoms with van der Waals surface area (Å²) in [7, 11) is 9.78. The van der Waals surface area contributed by atoms with Crippen molar-refractivity contribution in [3.8, 4) is 0 Å². The van der Waals surface area contributed by atoms with Gasteiger partial charge in [0.25, 0.3) is 0 Å². The molecule has 0 spiro atoms. The number of rotatable bonds is 7.